The summed E-state index contributed by atoms with van der Waals surface area (Å²) in [6.07, 6.45) is 0. The van der Waals surface area contributed by atoms with Crippen LogP contribution < -0.4 is 21.3 Å². The number of benzene rings is 5. The summed E-state index contributed by atoms with van der Waals surface area (Å²) in [6.45, 7) is 2.32. The highest BCUT2D eigenvalue weighted by Gasteiger charge is 2.26. The third-order valence-electron chi connectivity index (χ3n) is 8.51. The molecule has 18 heteroatoms. The molecule has 14 nitrogen and oxygen atoms in total. The first-order valence-electron chi connectivity index (χ1n) is 17.8. The maximum Gasteiger partial charge on any atom is 0.258 e. The van der Waals surface area contributed by atoms with Crippen molar-refractivity contribution in [2.24, 2.45) is 20.5 Å². The van der Waals surface area contributed by atoms with Gasteiger partial charge in [0.2, 0.25) is 12.1 Å². The van der Waals surface area contributed by atoms with Crippen LogP contribution in [-0.4, -0.2) is 47.3 Å². The maximum absolute atomic E-state index is 13.1. The maximum atomic E-state index is 13.1. The lowest BCUT2D eigenvalue weighted by Crippen LogP contribution is -2.32. The molecule has 0 fully saturated rings. The van der Waals surface area contributed by atoms with E-state index in [0.717, 1.165) is 13.8 Å². The van der Waals surface area contributed by atoms with Crippen molar-refractivity contribution in [3.8, 4) is 0 Å². The summed E-state index contributed by atoms with van der Waals surface area (Å²) in [5.74, 6) is -3.60. The molecule has 5 aromatic carbocycles. The van der Waals surface area contributed by atoms with Crippen molar-refractivity contribution in [3.63, 3.8) is 0 Å². The number of rotatable bonds is 16. The number of anilines is 4. The minimum atomic E-state index is -1.58. The Morgan fingerprint density at radius 2 is 0.867 bits per heavy atom. The molecule has 0 aromatic heterocycles. The highest BCUT2D eigenvalue weighted by Crippen LogP contribution is 2.32. The summed E-state index contributed by atoms with van der Waals surface area (Å²) in [4.78, 5) is 77.3. The van der Waals surface area contributed by atoms with Crippen molar-refractivity contribution in [3.05, 3.63) is 141 Å². The van der Waals surface area contributed by atoms with Crippen LogP contribution in [0.4, 0.5) is 34.1 Å². The minimum Gasteiger partial charge on any atom is -0.324 e. The molecule has 5 rings (SSSR count). The summed E-state index contributed by atoms with van der Waals surface area (Å²) in [6, 6.07) is 25.5. The van der Waals surface area contributed by atoms with Crippen LogP contribution in [0.15, 0.2) is 130 Å². The Morgan fingerprint density at radius 3 is 1.22 bits per heavy atom. The number of nitrogens with zero attached hydrogens (tertiary/aromatic N) is 4. The van der Waals surface area contributed by atoms with Crippen LogP contribution in [-0.2, 0) is 30.9 Å². The van der Waals surface area contributed by atoms with Crippen LogP contribution in [0.1, 0.15) is 45.7 Å². The molecule has 0 bridgehead atoms. The van der Waals surface area contributed by atoms with Crippen LogP contribution >= 0.6 is 46.4 Å². The van der Waals surface area contributed by atoms with Crippen molar-refractivity contribution in [1.82, 2.24) is 0 Å². The fourth-order valence-electron chi connectivity index (χ4n) is 5.38. The minimum absolute atomic E-state index is 0.0434. The van der Waals surface area contributed by atoms with Crippen LogP contribution in [0.5, 0.6) is 0 Å². The lowest BCUT2D eigenvalue weighted by Gasteiger charge is -2.12. The van der Waals surface area contributed by atoms with Crippen molar-refractivity contribution in [1.29, 1.82) is 0 Å². The van der Waals surface area contributed by atoms with Crippen molar-refractivity contribution in [2.45, 2.75) is 37.7 Å². The lowest BCUT2D eigenvalue weighted by atomic mass is 10.1. The number of hydrogen-bond acceptors (Lipinski definition) is 10. The number of para-hydroxylation sites is 2. The number of carbonyl (C=O) groups excluding carboxylic acids is 6. The van der Waals surface area contributed by atoms with Gasteiger partial charge >= 0.3 is 0 Å². The molecule has 0 saturated heterocycles. The predicted octanol–water partition coefficient (Wildman–Crippen LogP) is 10.3. The molecule has 0 aliphatic carbocycles. The molecule has 4 amide bonds. The number of ketones is 2. The second kappa shape index (κ2) is 21.1. The van der Waals surface area contributed by atoms with Gasteiger partial charge in [-0.2, -0.15) is 20.5 Å². The summed E-state index contributed by atoms with van der Waals surface area (Å²) in [7, 11) is 0. The Bertz CT molecular complexity index is 2340. The zero-order chi connectivity index (χ0) is 43.3. The fourth-order valence-corrected chi connectivity index (χ4v) is 6.34. The van der Waals surface area contributed by atoms with E-state index in [2.05, 4.69) is 41.7 Å². The first-order chi connectivity index (χ1) is 28.8. The van der Waals surface area contributed by atoms with Gasteiger partial charge < -0.3 is 21.3 Å². The smallest absolute Gasteiger partial charge is 0.258 e. The Hall–Kier alpha value is -6.32. The SMILES string of the molecule is CC(=O)C(N=Nc1cccc(C(=O)Nc2ccccc2CCl)c1Cl)C(=O)Nc1ccc(NC(=O)C(N=Nc2cccc(C(=O)Nc3ccccc3CCl)c2Cl)C(C)=O)cc1. The molecule has 5 aromatic rings. The number of carbonyl (C=O) groups is 6. The standard InChI is InChI=1S/C42H34Cl4N8O6/c1-23(55)37(53-51-33-15-7-11-29(35(33)45)39(57)49-31-13-5-3-9-25(31)21-43)41(59)47-27-17-19-28(20-18-27)48-42(60)38(24(2)56)54-52-34-16-8-12-30(36(34)46)40(58)50-32-14-6-4-10-26(32)22-44/h3-20,37-38H,21-22H2,1-2H3,(H,47,59)(H,48,60)(H,49,57)(H,50,58). The summed E-state index contributed by atoms with van der Waals surface area (Å²) >= 11 is 25.0. The van der Waals surface area contributed by atoms with Crippen LogP contribution in [0, 0.1) is 0 Å². The third kappa shape index (κ3) is 11.4. The van der Waals surface area contributed by atoms with E-state index in [1.54, 1.807) is 48.5 Å². The molecule has 0 radical (unpaired) electrons. The first-order valence-corrected chi connectivity index (χ1v) is 19.7. The number of halogens is 4. The highest BCUT2D eigenvalue weighted by molar-refractivity contribution is 6.37. The molecule has 2 atom stereocenters. The molecule has 2 unspecified atom stereocenters. The Labute approximate surface area is 363 Å². The molecule has 0 saturated carbocycles. The van der Waals surface area contributed by atoms with E-state index in [1.165, 1.54) is 60.7 Å². The highest BCUT2D eigenvalue weighted by atomic mass is 35.5. The average molecular weight is 889 g/mol. The largest absolute Gasteiger partial charge is 0.324 e. The summed E-state index contributed by atoms with van der Waals surface area (Å²) < 4.78 is 0. The Morgan fingerprint density at radius 1 is 0.500 bits per heavy atom. The summed E-state index contributed by atoms with van der Waals surface area (Å²) in [5, 5.41) is 26.4. The van der Waals surface area contributed by atoms with E-state index in [-0.39, 0.29) is 55.7 Å². The predicted molar refractivity (Wildman–Crippen MR) is 232 cm³/mol. The molecule has 0 spiro atoms. The summed E-state index contributed by atoms with van der Waals surface area (Å²) in [5.41, 5.74) is 3.13. The molecule has 306 valence electrons. The zero-order valence-corrected chi connectivity index (χ0v) is 34.7. The van der Waals surface area contributed by atoms with Gasteiger partial charge in [0, 0.05) is 34.5 Å². The van der Waals surface area contributed by atoms with E-state index in [0.29, 0.717) is 22.5 Å². The monoisotopic (exact) mass is 886 g/mol. The fraction of sp³-hybridized carbons (Fsp3) is 0.143. The van der Waals surface area contributed by atoms with Crippen molar-refractivity contribution < 1.29 is 28.8 Å². The number of alkyl halides is 2. The van der Waals surface area contributed by atoms with E-state index in [9.17, 15) is 28.8 Å². The number of hydrogen-bond donors (Lipinski definition) is 4. The second-order valence-electron chi connectivity index (χ2n) is 12.8. The van der Waals surface area contributed by atoms with E-state index < -0.39 is 47.3 Å². The molecule has 0 aliphatic rings. The van der Waals surface area contributed by atoms with Gasteiger partial charge in [-0.15, -0.1) is 23.2 Å². The second-order valence-corrected chi connectivity index (χ2v) is 14.1. The van der Waals surface area contributed by atoms with Crippen LogP contribution in [0.3, 0.4) is 0 Å². The number of Topliss-reactive ketones (excluding diaryl/α,β-unsaturated/α-hetero) is 2. The van der Waals surface area contributed by atoms with E-state index >= 15 is 0 Å². The van der Waals surface area contributed by atoms with Gasteiger partial charge in [0.15, 0.2) is 11.6 Å². The van der Waals surface area contributed by atoms with Crippen molar-refractivity contribution in [2.75, 3.05) is 21.3 Å². The van der Waals surface area contributed by atoms with Gasteiger partial charge in [0.1, 0.15) is 11.4 Å². The molecular formula is C42H34Cl4N8O6. The number of amides is 4. The lowest BCUT2D eigenvalue weighted by molar-refractivity contribution is -0.127. The average Bonchev–Trinajstić information content (AvgIpc) is 3.22. The van der Waals surface area contributed by atoms with E-state index in [4.69, 9.17) is 46.4 Å². The third-order valence-corrected chi connectivity index (χ3v) is 9.88. The molecular weight excluding hydrogens is 854 g/mol. The first kappa shape index (κ1) is 44.8. The van der Waals surface area contributed by atoms with Crippen LogP contribution in [0.2, 0.25) is 10.0 Å². The van der Waals surface area contributed by atoms with Gasteiger partial charge in [-0.05, 0) is 85.6 Å². The van der Waals surface area contributed by atoms with Gasteiger partial charge in [-0.25, -0.2) is 0 Å². The quantitative estimate of drug-likeness (QED) is 0.0431. The van der Waals surface area contributed by atoms with Gasteiger partial charge in [-0.1, -0.05) is 71.7 Å². The molecule has 0 aliphatic heterocycles. The van der Waals surface area contributed by atoms with Crippen LogP contribution in [0.25, 0.3) is 0 Å². The van der Waals surface area contributed by atoms with Gasteiger partial charge in [0.05, 0.1) is 21.2 Å². The normalized spacial score (nSPS) is 12.1. The van der Waals surface area contributed by atoms with Gasteiger partial charge in [-0.3, -0.25) is 28.8 Å². The Kier molecular flexibility index (Phi) is 15.7. The molecule has 4 N–H and O–H groups in total. The zero-order valence-electron chi connectivity index (χ0n) is 31.7. The number of nitrogens with one attached hydrogen (secondary N) is 4. The Balaban J connectivity index is 1.22. The van der Waals surface area contributed by atoms with E-state index in [1.807, 2.05) is 0 Å². The topological polar surface area (TPSA) is 200 Å². The van der Waals surface area contributed by atoms with Crippen molar-refractivity contribution >= 4 is 116 Å². The van der Waals surface area contributed by atoms with Gasteiger partial charge in [0.25, 0.3) is 23.6 Å². The number of azo groups is 2. The molecule has 0 heterocycles. The molecule has 60 heavy (non-hydrogen) atoms.